The van der Waals surface area contributed by atoms with Crippen LogP contribution < -0.4 is 11.6 Å². The Labute approximate surface area is 100 Å². The minimum absolute atomic E-state index is 0.249. The number of halogens is 2. The van der Waals surface area contributed by atoms with Crippen LogP contribution in [0.1, 0.15) is 5.82 Å². The second kappa shape index (κ2) is 3.79. The zero-order valence-electron chi connectivity index (χ0n) is 8.54. The molecule has 0 atom stereocenters. The first kappa shape index (κ1) is 10.9. The van der Waals surface area contributed by atoms with Crippen molar-refractivity contribution in [1.82, 2.24) is 9.66 Å². The van der Waals surface area contributed by atoms with Gasteiger partial charge in [0.1, 0.15) is 17.3 Å². The van der Waals surface area contributed by atoms with Crippen LogP contribution in [0.25, 0.3) is 11.3 Å². The van der Waals surface area contributed by atoms with Crippen LogP contribution in [-0.2, 0) is 0 Å². The quantitative estimate of drug-likeness (QED) is 0.788. The van der Waals surface area contributed by atoms with Crippen molar-refractivity contribution in [3.05, 3.63) is 34.3 Å². The Bertz CT molecular complexity index is 550. The smallest absolute Gasteiger partial charge is 0.150 e. The number of nitrogen functional groups attached to an aromatic ring is 2. The van der Waals surface area contributed by atoms with Gasteiger partial charge in [-0.25, -0.2) is 14.1 Å². The predicted molar refractivity (Wildman–Crippen MR) is 64.6 cm³/mol. The van der Waals surface area contributed by atoms with Gasteiger partial charge in [-0.2, -0.15) is 0 Å². The number of rotatable bonds is 1. The average Bonchev–Trinajstić information content (AvgIpc) is 2.46. The highest BCUT2D eigenvalue weighted by molar-refractivity contribution is 9.10. The highest BCUT2D eigenvalue weighted by Gasteiger charge is 2.15. The van der Waals surface area contributed by atoms with Gasteiger partial charge in [0, 0.05) is 10.0 Å². The molecule has 1 heterocycles. The van der Waals surface area contributed by atoms with Gasteiger partial charge in [0.25, 0.3) is 0 Å². The molecule has 0 amide bonds. The van der Waals surface area contributed by atoms with Gasteiger partial charge < -0.3 is 11.6 Å². The molecule has 0 saturated heterocycles. The van der Waals surface area contributed by atoms with Crippen LogP contribution in [-0.4, -0.2) is 9.66 Å². The van der Waals surface area contributed by atoms with E-state index in [0.717, 1.165) is 0 Å². The zero-order valence-corrected chi connectivity index (χ0v) is 10.1. The van der Waals surface area contributed by atoms with Gasteiger partial charge in [0.15, 0.2) is 5.82 Å². The minimum atomic E-state index is -0.390. The van der Waals surface area contributed by atoms with Crippen molar-refractivity contribution >= 4 is 21.7 Å². The number of aromatic nitrogens is 2. The van der Waals surface area contributed by atoms with E-state index in [-0.39, 0.29) is 11.6 Å². The van der Waals surface area contributed by atoms with Crippen molar-refractivity contribution < 1.29 is 4.39 Å². The van der Waals surface area contributed by atoms with E-state index in [1.807, 2.05) is 0 Å². The molecule has 0 aliphatic heterocycles. The number of anilines is 1. The number of benzene rings is 1. The van der Waals surface area contributed by atoms with Crippen LogP contribution in [0.2, 0.25) is 0 Å². The molecule has 0 unspecified atom stereocenters. The zero-order chi connectivity index (χ0) is 11.9. The summed E-state index contributed by atoms with van der Waals surface area (Å²) in [5.74, 6) is 6.01. The molecule has 16 heavy (non-hydrogen) atoms. The maximum atomic E-state index is 13.7. The first-order chi connectivity index (χ1) is 7.50. The van der Waals surface area contributed by atoms with Gasteiger partial charge in [-0.15, -0.1) is 0 Å². The SMILES string of the molecule is Cc1nc(-c2ccc(Br)cc2F)c(N)n1N. The van der Waals surface area contributed by atoms with Crippen molar-refractivity contribution in [1.29, 1.82) is 0 Å². The monoisotopic (exact) mass is 284 g/mol. The summed E-state index contributed by atoms with van der Waals surface area (Å²) in [5.41, 5.74) is 6.45. The van der Waals surface area contributed by atoms with E-state index < -0.39 is 0 Å². The topological polar surface area (TPSA) is 69.9 Å². The summed E-state index contributed by atoms with van der Waals surface area (Å²) < 4.78 is 15.6. The first-order valence-electron chi connectivity index (χ1n) is 4.56. The highest BCUT2D eigenvalue weighted by Crippen LogP contribution is 2.28. The van der Waals surface area contributed by atoms with E-state index in [1.165, 1.54) is 10.7 Å². The second-order valence-corrected chi connectivity index (χ2v) is 4.30. The lowest BCUT2D eigenvalue weighted by Gasteiger charge is -2.02. The molecule has 84 valence electrons. The number of nitrogens with zero attached hydrogens (tertiary/aromatic N) is 2. The van der Waals surface area contributed by atoms with Gasteiger partial charge in [-0.1, -0.05) is 15.9 Å². The van der Waals surface area contributed by atoms with Crippen molar-refractivity contribution in [2.24, 2.45) is 0 Å². The summed E-state index contributed by atoms with van der Waals surface area (Å²) in [5, 5.41) is 0. The molecule has 4 N–H and O–H groups in total. The molecule has 2 rings (SSSR count). The Kier molecular flexibility index (Phi) is 2.59. The van der Waals surface area contributed by atoms with Crippen LogP contribution in [0.5, 0.6) is 0 Å². The van der Waals surface area contributed by atoms with E-state index in [9.17, 15) is 4.39 Å². The molecule has 1 aromatic carbocycles. The Balaban J connectivity index is 2.63. The molecule has 0 radical (unpaired) electrons. The summed E-state index contributed by atoms with van der Waals surface area (Å²) in [6, 6.07) is 4.69. The molecule has 0 aliphatic rings. The summed E-state index contributed by atoms with van der Waals surface area (Å²) >= 11 is 3.19. The Morgan fingerprint density at radius 2 is 2.12 bits per heavy atom. The maximum absolute atomic E-state index is 13.7. The molecule has 2 aromatic rings. The van der Waals surface area contributed by atoms with E-state index in [2.05, 4.69) is 20.9 Å². The summed E-state index contributed by atoms with van der Waals surface area (Å²) in [6.45, 7) is 1.70. The van der Waals surface area contributed by atoms with Gasteiger partial charge >= 0.3 is 0 Å². The molecule has 0 aliphatic carbocycles. The number of hydrogen-bond acceptors (Lipinski definition) is 3. The molecule has 4 nitrogen and oxygen atoms in total. The molecular weight excluding hydrogens is 275 g/mol. The van der Waals surface area contributed by atoms with Crippen LogP contribution in [0.4, 0.5) is 10.2 Å². The maximum Gasteiger partial charge on any atom is 0.150 e. The fraction of sp³-hybridized carbons (Fsp3) is 0.100. The largest absolute Gasteiger partial charge is 0.382 e. The average molecular weight is 285 g/mol. The Morgan fingerprint density at radius 3 is 2.62 bits per heavy atom. The van der Waals surface area contributed by atoms with Crippen molar-refractivity contribution in [2.45, 2.75) is 6.92 Å². The van der Waals surface area contributed by atoms with E-state index in [4.69, 9.17) is 11.6 Å². The number of imidazole rings is 1. The molecule has 0 saturated carbocycles. The molecule has 0 bridgehead atoms. The van der Waals surface area contributed by atoms with Crippen LogP contribution in [0, 0.1) is 12.7 Å². The third kappa shape index (κ3) is 1.65. The van der Waals surface area contributed by atoms with Gasteiger partial charge in [-0.3, -0.25) is 0 Å². The lowest BCUT2D eigenvalue weighted by Crippen LogP contribution is -2.13. The van der Waals surface area contributed by atoms with E-state index in [0.29, 0.717) is 21.6 Å². The normalized spacial score (nSPS) is 10.7. The molecule has 6 heteroatoms. The van der Waals surface area contributed by atoms with Crippen LogP contribution >= 0.6 is 15.9 Å². The van der Waals surface area contributed by atoms with Gasteiger partial charge in [0.05, 0.1) is 0 Å². The van der Waals surface area contributed by atoms with Crippen molar-refractivity contribution in [3.63, 3.8) is 0 Å². The Morgan fingerprint density at radius 1 is 1.44 bits per heavy atom. The molecular formula is C10H10BrFN4. The number of nitrogens with two attached hydrogens (primary N) is 2. The predicted octanol–water partition coefficient (Wildman–Crippen LogP) is 2.06. The second-order valence-electron chi connectivity index (χ2n) is 3.39. The van der Waals surface area contributed by atoms with Gasteiger partial charge in [0.2, 0.25) is 0 Å². The lowest BCUT2D eigenvalue weighted by atomic mass is 10.1. The van der Waals surface area contributed by atoms with Gasteiger partial charge in [-0.05, 0) is 25.1 Å². The standard InChI is InChI=1S/C10H10BrFN4/c1-5-15-9(10(13)16(5)14)7-3-2-6(11)4-8(7)12/h2-4H,13-14H2,1H3. The van der Waals surface area contributed by atoms with Crippen molar-refractivity contribution in [2.75, 3.05) is 11.6 Å². The highest BCUT2D eigenvalue weighted by atomic mass is 79.9. The van der Waals surface area contributed by atoms with E-state index >= 15 is 0 Å². The fourth-order valence-electron chi connectivity index (χ4n) is 1.44. The summed E-state index contributed by atoms with van der Waals surface area (Å²) in [7, 11) is 0. The minimum Gasteiger partial charge on any atom is -0.382 e. The lowest BCUT2D eigenvalue weighted by molar-refractivity contribution is 0.630. The third-order valence-corrected chi connectivity index (χ3v) is 2.80. The van der Waals surface area contributed by atoms with Crippen LogP contribution in [0.3, 0.4) is 0 Å². The third-order valence-electron chi connectivity index (χ3n) is 2.31. The number of aryl methyl sites for hydroxylation is 1. The summed E-state index contributed by atoms with van der Waals surface area (Å²) in [6.07, 6.45) is 0. The van der Waals surface area contributed by atoms with Crippen LogP contribution in [0.15, 0.2) is 22.7 Å². The number of hydrogen-bond donors (Lipinski definition) is 2. The molecule has 0 spiro atoms. The summed E-state index contributed by atoms with van der Waals surface area (Å²) in [4.78, 5) is 4.13. The Hall–Kier alpha value is -1.56. The van der Waals surface area contributed by atoms with E-state index in [1.54, 1.807) is 19.1 Å². The fourth-order valence-corrected chi connectivity index (χ4v) is 1.77. The first-order valence-corrected chi connectivity index (χ1v) is 5.35. The molecule has 0 fully saturated rings. The van der Waals surface area contributed by atoms with Crippen molar-refractivity contribution in [3.8, 4) is 11.3 Å². The molecule has 1 aromatic heterocycles.